The number of imidazole rings is 1. The molecule has 0 radical (unpaired) electrons. The van der Waals surface area contributed by atoms with Crippen molar-refractivity contribution in [2.45, 2.75) is 31.9 Å². The van der Waals surface area contributed by atoms with Crippen LogP contribution in [0.1, 0.15) is 24.8 Å². The smallest absolute Gasteiger partial charge is 0.328 e. The molecule has 1 aliphatic carbocycles. The summed E-state index contributed by atoms with van der Waals surface area (Å²) in [4.78, 5) is 24.1. The predicted octanol–water partition coefficient (Wildman–Crippen LogP) is 2.51. The zero-order valence-corrected chi connectivity index (χ0v) is 17.1. The van der Waals surface area contributed by atoms with Gasteiger partial charge in [-0.15, -0.1) is 0 Å². The van der Waals surface area contributed by atoms with Crippen LogP contribution in [0.3, 0.4) is 0 Å². The number of aromatic amines is 1. The number of rotatable bonds is 6. The number of nitrogens with one attached hydrogen (secondary N) is 2. The van der Waals surface area contributed by atoms with Crippen LogP contribution in [0.5, 0.6) is 5.75 Å². The van der Waals surface area contributed by atoms with Crippen LogP contribution in [0.25, 0.3) is 11.2 Å². The van der Waals surface area contributed by atoms with Gasteiger partial charge in [-0.05, 0) is 43.4 Å². The van der Waals surface area contributed by atoms with Gasteiger partial charge >= 0.3 is 5.69 Å². The Morgan fingerprint density at radius 1 is 1.43 bits per heavy atom. The average Bonchev–Trinajstić information content (AvgIpc) is 3.23. The third-order valence-electron chi connectivity index (χ3n) is 5.14. The minimum absolute atomic E-state index is 0.203. The Morgan fingerprint density at radius 2 is 2.29 bits per heavy atom. The summed E-state index contributed by atoms with van der Waals surface area (Å²) in [5, 5.41) is 12.9. The number of benzene rings is 1. The fraction of sp³-hybridized carbons (Fsp3) is 0.421. The SMILES string of the molecule is COc1ccc(Br)cc1Cn1c(=O)[nH]c2cnc(NC[C@H]3CC[C@H](O)C3)nc21. The van der Waals surface area contributed by atoms with Crippen molar-refractivity contribution in [1.82, 2.24) is 19.5 Å². The van der Waals surface area contributed by atoms with Crippen molar-refractivity contribution in [3.05, 3.63) is 44.9 Å². The number of anilines is 1. The van der Waals surface area contributed by atoms with Gasteiger partial charge in [-0.2, -0.15) is 4.98 Å². The Bertz CT molecular complexity index is 1050. The first kappa shape index (κ1) is 18.9. The molecule has 2 aromatic heterocycles. The van der Waals surface area contributed by atoms with E-state index in [0.29, 0.717) is 41.9 Å². The molecule has 0 amide bonds. The molecule has 1 aromatic carbocycles. The second kappa shape index (κ2) is 7.92. The number of H-pyrrole nitrogens is 1. The predicted molar refractivity (Wildman–Crippen MR) is 110 cm³/mol. The molecule has 28 heavy (non-hydrogen) atoms. The van der Waals surface area contributed by atoms with Crippen LogP contribution in [-0.2, 0) is 6.54 Å². The van der Waals surface area contributed by atoms with Crippen LogP contribution in [0, 0.1) is 5.92 Å². The highest BCUT2D eigenvalue weighted by Crippen LogP contribution is 2.26. The molecule has 3 aromatic rings. The molecule has 0 saturated heterocycles. The molecule has 0 spiro atoms. The van der Waals surface area contributed by atoms with Gasteiger partial charge in [-0.3, -0.25) is 4.57 Å². The summed E-state index contributed by atoms with van der Waals surface area (Å²) in [6.45, 7) is 1.03. The molecular formula is C19H22BrN5O3. The number of methoxy groups -OCH3 is 1. The van der Waals surface area contributed by atoms with Crippen molar-refractivity contribution < 1.29 is 9.84 Å². The fourth-order valence-electron chi connectivity index (χ4n) is 3.69. The average molecular weight is 448 g/mol. The molecular weight excluding hydrogens is 426 g/mol. The molecule has 2 heterocycles. The second-order valence-electron chi connectivity index (χ2n) is 7.12. The Morgan fingerprint density at radius 3 is 3.04 bits per heavy atom. The van der Waals surface area contributed by atoms with Gasteiger partial charge in [-0.1, -0.05) is 15.9 Å². The first-order chi connectivity index (χ1) is 13.5. The van der Waals surface area contributed by atoms with Crippen molar-refractivity contribution in [3.8, 4) is 5.75 Å². The molecule has 9 heteroatoms. The quantitative estimate of drug-likeness (QED) is 0.536. The van der Waals surface area contributed by atoms with Crippen molar-refractivity contribution in [2.24, 2.45) is 5.92 Å². The van der Waals surface area contributed by atoms with Gasteiger partial charge in [0.25, 0.3) is 0 Å². The number of halogens is 1. The van der Waals surface area contributed by atoms with Crippen molar-refractivity contribution >= 4 is 33.0 Å². The number of aliphatic hydroxyl groups excluding tert-OH is 1. The van der Waals surface area contributed by atoms with E-state index in [-0.39, 0.29) is 11.8 Å². The van der Waals surface area contributed by atoms with Gasteiger partial charge in [0.15, 0.2) is 5.65 Å². The maximum absolute atomic E-state index is 12.5. The molecule has 0 bridgehead atoms. The van der Waals surface area contributed by atoms with Crippen LogP contribution in [0.2, 0.25) is 0 Å². The molecule has 148 valence electrons. The lowest BCUT2D eigenvalue weighted by molar-refractivity contribution is 0.178. The van der Waals surface area contributed by atoms with Crippen molar-refractivity contribution in [1.29, 1.82) is 0 Å². The normalized spacial score (nSPS) is 19.2. The Balaban J connectivity index is 1.60. The largest absolute Gasteiger partial charge is 0.496 e. The van der Waals surface area contributed by atoms with Crippen LogP contribution in [0.15, 0.2) is 33.7 Å². The molecule has 2 atom stereocenters. The molecule has 4 rings (SSSR count). The van der Waals surface area contributed by atoms with E-state index in [1.54, 1.807) is 17.9 Å². The summed E-state index contributed by atoms with van der Waals surface area (Å²) in [5.74, 6) is 1.59. The third-order valence-corrected chi connectivity index (χ3v) is 5.64. The third kappa shape index (κ3) is 3.90. The zero-order valence-electron chi connectivity index (χ0n) is 15.5. The lowest BCUT2D eigenvalue weighted by Gasteiger charge is -2.11. The van der Waals surface area contributed by atoms with E-state index in [4.69, 9.17) is 4.74 Å². The summed E-state index contributed by atoms with van der Waals surface area (Å²) in [7, 11) is 1.61. The maximum atomic E-state index is 12.5. The number of fused-ring (bicyclic) bond motifs is 1. The zero-order chi connectivity index (χ0) is 19.7. The van der Waals surface area contributed by atoms with E-state index in [1.807, 2.05) is 18.2 Å². The standard InChI is InChI=1S/C19H22BrN5O3/c1-28-16-5-3-13(20)7-12(16)10-25-17-15(23-19(25)27)9-22-18(24-17)21-8-11-2-4-14(26)6-11/h3,5,7,9,11,14,26H,2,4,6,8,10H2,1H3,(H,23,27)(H,21,22,24)/t11-,14-/m0/s1. The number of hydrogen-bond acceptors (Lipinski definition) is 6. The molecule has 1 saturated carbocycles. The Kier molecular flexibility index (Phi) is 5.36. The number of ether oxygens (including phenoxy) is 1. The summed E-state index contributed by atoms with van der Waals surface area (Å²) >= 11 is 3.46. The van der Waals surface area contributed by atoms with Crippen LogP contribution < -0.4 is 15.7 Å². The first-order valence-electron chi connectivity index (χ1n) is 9.23. The minimum atomic E-state index is -0.248. The summed E-state index contributed by atoms with van der Waals surface area (Å²) < 4.78 is 7.90. The highest BCUT2D eigenvalue weighted by atomic mass is 79.9. The van der Waals surface area contributed by atoms with Gasteiger partial charge in [0.05, 0.1) is 26.0 Å². The van der Waals surface area contributed by atoms with Crippen LogP contribution >= 0.6 is 15.9 Å². The van der Waals surface area contributed by atoms with Gasteiger partial charge in [-0.25, -0.2) is 9.78 Å². The van der Waals surface area contributed by atoms with Gasteiger partial charge in [0, 0.05) is 16.6 Å². The molecule has 1 aliphatic rings. The monoisotopic (exact) mass is 447 g/mol. The molecule has 0 aliphatic heterocycles. The number of hydrogen-bond donors (Lipinski definition) is 3. The van der Waals surface area contributed by atoms with E-state index >= 15 is 0 Å². The summed E-state index contributed by atoms with van der Waals surface area (Å²) in [6, 6.07) is 5.68. The molecule has 1 fully saturated rings. The summed E-state index contributed by atoms with van der Waals surface area (Å²) in [6.07, 6.45) is 4.05. The van der Waals surface area contributed by atoms with E-state index in [1.165, 1.54) is 0 Å². The Labute approximate surface area is 170 Å². The van der Waals surface area contributed by atoms with Gasteiger partial charge in [0.1, 0.15) is 11.3 Å². The van der Waals surface area contributed by atoms with Crippen molar-refractivity contribution in [3.63, 3.8) is 0 Å². The highest BCUT2D eigenvalue weighted by molar-refractivity contribution is 9.10. The molecule has 3 N–H and O–H groups in total. The highest BCUT2D eigenvalue weighted by Gasteiger charge is 2.22. The first-order valence-corrected chi connectivity index (χ1v) is 10.0. The maximum Gasteiger partial charge on any atom is 0.328 e. The van der Waals surface area contributed by atoms with E-state index in [9.17, 15) is 9.90 Å². The van der Waals surface area contributed by atoms with Gasteiger partial charge < -0.3 is 20.1 Å². The van der Waals surface area contributed by atoms with E-state index < -0.39 is 0 Å². The number of aromatic nitrogens is 4. The van der Waals surface area contributed by atoms with Crippen LogP contribution in [-0.4, -0.2) is 44.4 Å². The topological polar surface area (TPSA) is 105 Å². The van der Waals surface area contributed by atoms with Crippen molar-refractivity contribution in [2.75, 3.05) is 19.0 Å². The van der Waals surface area contributed by atoms with E-state index in [0.717, 1.165) is 29.3 Å². The Hall–Kier alpha value is -2.39. The lowest BCUT2D eigenvalue weighted by atomic mass is 10.1. The minimum Gasteiger partial charge on any atom is -0.496 e. The lowest BCUT2D eigenvalue weighted by Crippen LogP contribution is -2.18. The van der Waals surface area contributed by atoms with Gasteiger partial charge in [0.2, 0.25) is 5.95 Å². The van der Waals surface area contributed by atoms with Crippen LogP contribution in [0.4, 0.5) is 5.95 Å². The number of aliphatic hydroxyl groups is 1. The number of nitrogens with zero attached hydrogens (tertiary/aromatic N) is 3. The second-order valence-corrected chi connectivity index (χ2v) is 8.03. The van der Waals surface area contributed by atoms with E-state index in [2.05, 4.69) is 36.2 Å². The fourth-order valence-corrected chi connectivity index (χ4v) is 4.10. The molecule has 0 unspecified atom stereocenters. The molecule has 8 nitrogen and oxygen atoms in total. The summed E-state index contributed by atoms with van der Waals surface area (Å²) in [5.41, 5.74) is 1.74.